The van der Waals surface area contributed by atoms with E-state index >= 15 is 0 Å². The lowest BCUT2D eigenvalue weighted by atomic mass is 10.0. The number of hydrogen-bond acceptors (Lipinski definition) is 2. The average molecular weight is 201 g/mol. The number of carbonyl (C=O) groups is 2. The highest BCUT2D eigenvalue weighted by molar-refractivity contribution is 5.83. The lowest BCUT2D eigenvalue weighted by Gasteiger charge is -2.16. The SMILES string of the molecule is CCCC(=O)NC(CC(C)C)C(=O)O. The average Bonchev–Trinajstić information content (AvgIpc) is 2.02. The Bertz CT molecular complexity index is 202. The molecule has 0 aromatic heterocycles. The summed E-state index contributed by atoms with van der Waals surface area (Å²) in [5.41, 5.74) is 0. The van der Waals surface area contributed by atoms with Gasteiger partial charge in [0.15, 0.2) is 0 Å². The first kappa shape index (κ1) is 12.9. The summed E-state index contributed by atoms with van der Waals surface area (Å²) in [4.78, 5) is 21.9. The predicted molar refractivity (Wildman–Crippen MR) is 53.9 cm³/mol. The molecule has 0 aromatic rings. The topological polar surface area (TPSA) is 66.4 Å². The summed E-state index contributed by atoms with van der Waals surface area (Å²) in [7, 11) is 0. The van der Waals surface area contributed by atoms with Gasteiger partial charge in [0.05, 0.1) is 0 Å². The summed E-state index contributed by atoms with van der Waals surface area (Å²) in [6, 6.07) is -0.742. The van der Waals surface area contributed by atoms with Gasteiger partial charge in [0.1, 0.15) is 6.04 Å². The van der Waals surface area contributed by atoms with Crippen LogP contribution in [0.15, 0.2) is 0 Å². The Hall–Kier alpha value is -1.06. The third-order valence-corrected chi connectivity index (χ3v) is 1.82. The molecule has 0 fully saturated rings. The van der Waals surface area contributed by atoms with Crippen LogP contribution in [0, 0.1) is 5.92 Å². The summed E-state index contributed by atoms with van der Waals surface area (Å²) >= 11 is 0. The van der Waals surface area contributed by atoms with E-state index in [9.17, 15) is 9.59 Å². The second-order valence-corrected chi connectivity index (χ2v) is 3.84. The molecule has 0 aliphatic rings. The van der Waals surface area contributed by atoms with Gasteiger partial charge in [-0.15, -0.1) is 0 Å². The molecule has 1 atom stereocenters. The molecule has 4 heteroatoms. The monoisotopic (exact) mass is 201 g/mol. The van der Waals surface area contributed by atoms with Crippen molar-refractivity contribution in [3.05, 3.63) is 0 Å². The fraction of sp³-hybridized carbons (Fsp3) is 0.800. The summed E-state index contributed by atoms with van der Waals surface area (Å²) in [6.45, 7) is 5.75. The van der Waals surface area contributed by atoms with Gasteiger partial charge in [0.2, 0.25) is 5.91 Å². The molecular weight excluding hydrogens is 182 g/mol. The van der Waals surface area contributed by atoms with Crippen molar-refractivity contribution in [2.45, 2.75) is 46.1 Å². The molecule has 0 spiro atoms. The van der Waals surface area contributed by atoms with Crippen LogP contribution in [-0.2, 0) is 9.59 Å². The van der Waals surface area contributed by atoms with Crippen LogP contribution in [0.3, 0.4) is 0 Å². The van der Waals surface area contributed by atoms with Crippen molar-refractivity contribution in [3.63, 3.8) is 0 Å². The number of amides is 1. The Morgan fingerprint density at radius 3 is 2.29 bits per heavy atom. The highest BCUT2D eigenvalue weighted by Crippen LogP contribution is 2.05. The zero-order chi connectivity index (χ0) is 11.1. The maximum absolute atomic E-state index is 11.2. The second kappa shape index (κ2) is 6.40. The van der Waals surface area contributed by atoms with Gasteiger partial charge >= 0.3 is 5.97 Å². The van der Waals surface area contributed by atoms with Crippen molar-refractivity contribution in [2.75, 3.05) is 0 Å². The van der Waals surface area contributed by atoms with E-state index in [1.165, 1.54) is 0 Å². The largest absolute Gasteiger partial charge is 0.480 e. The minimum absolute atomic E-state index is 0.180. The third-order valence-electron chi connectivity index (χ3n) is 1.82. The van der Waals surface area contributed by atoms with Gasteiger partial charge in [0.25, 0.3) is 0 Å². The smallest absolute Gasteiger partial charge is 0.326 e. The highest BCUT2D eigenvalue weighted by atomic mass is 16.4. The molecule has 0 aliphatic heterocycles. The summed E-state index contributed by atoms with van der Waals surface area (Å²) in [6.07, 6.45) is 1.60. The van der Waals surface area contributed by atoms with Crippen molar-refractivity contribution in [2.24, 2.45) is 5.92 Å². The molecule has 1 amide bonds. The van der Waals surface area contributed by atoms with Gasteiger partial charge < -0.3 is 10.4 Å². The maximum atomic E-state index is 11.2. The highest BCUT2D eigenvalue weighted by Gasteiger charge is 2.20. The minimum Gasteiger partial charge on any atom is -0.480 e. The van der Waals surface area contributed by atoms with E-state index in [-0.39, 0.29) is 11.8 Å². The fourth-order valence-electron chi connectivity index (χ4n) is 1.19. The van der Waals surface area contributed by atoms with Crippen molar-refractivity contribution in [1.82, 2.24) is 5.32 Å². The first-order chi connectivity index (χ1) is 6.47. The molecule has 0 heterocycles. The predicted octanol–water partition coefficient (Wildman–Crippen LogP) is 1.40. The van der Waals surface area contributed by atoms with Crippen LogP contribution in [0.2, 0.25) is 0 Å². The Kier molecular flexibility index (Phi) is 5.92. The normalized spacial score (nSPS) is 12.6. The van der Waals surface area contributed by atoms with Gasteiger partial charge in [-0.25, -0.2) is 4.79 Å². The zero-order valence-electron chi connectivity index (χ0n) is 9.04. The number of carbonyl (C=O) groups excluding carboxylic acids is 1. The molecular formula is C10H19NO3. The van der Waals surface area contributed by atoms with E-state index < -0.39 is 12.0 Å². The number of nitrogens with one attached hydrogen (secondary N) is 1. The van der Waals surface area contributed by atoms with Crippen LogP contribution in [-0.4, -0.2) is 23.0 Å². The van der Waals surface area contributed by atoms with Crippen LogP contribution < -0.4 is 5.32 Å². The third kappa shape index (κ3) is 5.56. The van der Waals surface area contributed by atoms with Gasteiger partial charge in [-0.2, -0.15) is 0 Å². The quantitative estimate of drug-likeness (QED) is 0.682. The van der Waals surface area contributed by atoms with Crippen LogP contribution in [0.25, 0.3) is 0 Å². The minimum atomic E-state index is -0.955. The maximum Gasteiger partial charge on any atom is 0.326 e. The van der Waals surface area contributed by atoms with E-state index in [1.807, 2.05) is 20.8 Å². The van der Waals surface area contributed by atoms with Crippen molar-refractivity contribution >= 4 is 11.9 Å². The van der Waals surface area contributed by atoms with E-state index in [1.54, 1.807) is 0 Å². The van der Waals surface area contributed by atoms with Gasteiger partial charge in [-0.05, 0) is 18.8 Å². The first-order valence-corrected chi connectivity index (χ1v) is 4.99. The fourth-order valence-corrected chi connectivity index (χ4v) is 1.19. The van der Waals surface area contributed by atoms with Crippen LogP contribution in [0.1, 0.15) is 40.0 Å². The molecule has 0 saturated heterocycles. The Labute approximate surface area is 84.7 Å². The molecule has 4 nitrogen and oxygen atoms in total. The number of carboxylic acids is 1. The van der Waals surface area contributed by atoms with Gasteiger partial charge in [-0.1, -0.05) is 20.8 Å². The van der Waals surface area contributed by atoms with E-state index in [2.05, 4.69) is 5.32 Å². The van der Waals surface area contributed by atoms with E-state index in [0.29, 0.717) is 12.8 Å². The second-order valence-electron chi connectivity index (χ2n) is 3.84. The lowest BCUT2D eigenvalue weighted by Crippen LogP contribution is -2.41. The number of hydrogen-bond donors (Lipinski definition) is 2. The summed E-state index contributed by atoms with van der Waals surface area (Å²) in [5, 5.41) is 11.3. The number of rotatable bonds is 6. The van der Waals surface area contributed by atoms with Crippen LogP contribution in [0.4, 0.5) is 0 Å². The van der Waals surface area contributed by atoms with Gasteiger partial charge in [0, 0.05) is 6.42 Å². The molecule has 82 valence electrons. The van der Waals surface area contributed by atoms with Crippen molar-refractivity contribution < 1.29 is 14.7 Å². The molecule has 0 radical (unpaired) electrons. The van der Waals surface area contributed by atoms with Crippen molar-refractivity contribution in [3.8, 4) is 0 Å². The Balaban J connectivity index is 4.09. The molecule has 1 unspecified atom stereocenters. The lowest BCUT2D eigenvalue weighted by molar-refractivity contribution is -0.142. The molecule has 0 rings (SSSR count). The Morgan fingerprint density at radius 2 is 1.93 bits per heavy atom. The van der Waals surface area contributed by atoms with Crippen molar-refractivity contribution in [1.29, 1.82) is 0 Å². The molecule has 0 saturated carbocycles. The molecule has 0 bridgehead atoms. The van der Waals surface area contributed by atoms with E-state index in [4.69, 9.17) is 5.11 Å². The van der Waals surface area contributed by atoms with E-state index in [0.717, 1.165) is 6.42 Å². The molecule has 0 aromatic carbocycles. The summed E-state index contributed by atoms with van der Waals surface area (Å²) in [5.74, 6) is -0.873. The van der Waals surface area contributed by atoms with Crippen LogP contribution >= 0.6 is 0 Å². The molecule has 14 heavy (non-hydrogen) atoms. The summed E-state index contributed by atoms with van der Waals surface area (Å²) < 4.78 is 0. The van der Waals surface area contributed by atoms with Gasteiger partial charge in [-0.3, -0.25) is 4.79 Å². The number of carboxylic acid groups (broad SMARTS) is 1. The first-order valence-electron chi connectivity index (χ1n) is 4.99. The Morgan fingerprint density at radius 1 is 1.36 bits per heavy atom. The number of aliphatic carboxylic acids is 1. The molecule has 2 N–H and O–H groups in total. The molecule has 0 aliphatic carbocycles. The standard InChI is InChI=1S/C10H19NO3/c1-4-5-9(12)11-8(10(13)14)6-7(2)3/h7-8H,4-6H2,1-3H3,(H,11,12)(H,13,14). The zero-order valence-corrected chi connectivity index (χ0v) is 9.04. The van der Waals surface area contributed by atoms with Crippen LogP contribution in [0.5, 0.6) is 0 Å².